The van der Waals surface area contributed by atoms with Crippen molar-refractivity contribution in [3.8, 4) is 0 Å². The van der Waals surface area contributed by atoms with Crippen molar-refractivity contribution in [1.29, 1.82) is 0 Å². The lowest BCUT2D eigenvalue weighted by Crippen LogP contribution is -2.11. The third-order valence-corrected chi connectivity index (χ3v) is 1.74. The minimum Gasteiger partial charge on any atom is -0.399 e. The van der Waals surface area contributed by atoms with Gasteiger partial charge < -0.3 is 5.73 Å². The van der Waals surface area contributed by atoms with Crippen molar-refractivity contribution >= 4 is 5.69 Å². The standard InChI is InChI=1S/C9H10F3N/c1-6-4-7(2-3-8(6)13)5-9(10,11)12/h2-4H,5,13H2,1H3. The van der Waals surface area contributed by atoms with Gasteiger partial charge in [0.1, 0.15) is 0 Å². The Morgan fingerprint density at radius 3 is 2.38 bits per heavy atom. The molecule has 0 fully saturated rings. The van der Waals surface area contributed by atoms with E-state index >= 15 is 0 Å². The number of nitrogens with two attached hydrogens (primary N) is 1. The highest BCUT2D eigenvalue weighted by Crippen LogP contribution is 2.23. The third kappa shape index (κ3) is 2.97. The first kappa shape index (κ1) is 9.89. The molecule has 0 heterocycles. The van der Waals surface area contributed by atoms with Crippen LogP contribution in [0.3, 0.4) is 0 Å². The van der Waals surface area contributed by atoms with Gasteiger partial charge in [-0.05, 0) is 24.1 Å². The summed E-state index contributed by atoms with van der Waals surface area (Å²) in [6, 6.07) is 4.36. The molecule has 1 rings (SSSR count). The Kier molecular flexibility index (Phi) is 2.50. The summed E-state index contributed by atoms with van der Waals surface area (Å²) in [4.78, 5) is 0. The topological polar surface area (TPSA) is 26.0 Å². The minimum atomic E-state index is -4.15. The minimum absolute atomic E-state index is 0.249. The molecule has 0 aliphatic rings. The van der Waals surface area contributed by atoms with E-state index in [1.54, 1.807) is 6.92 Å². The van der Waals surface area contributed by atoms with Crippen molar-refractivity contribution in [2.75, 3.05) is 5.73 Å². The highest BCUT2D eigenvalue weighted by Gasteiger charge is 2.27. The van der Waals surface area contributed by atoms with Crippen molar-refractivity contribution in [3.05, 3.63) is 29.3 Å². The van der Waals surface area contributed by atoms with Gasteiger partial charge in [-0.2, -0.15) is 13.2 Å². The van der Waals surface area contributed by atoms with Crippen LogP contribution in [-0.4, -0.2) is 6.18 Å². The monoisotopic (exact) mass is 189 g/mol. The summed E-state index contributed by atoms with van der Waals surface area (Å²) in [7, 11) is 0. The van der Waals surface area contributed by atoms with Gasteiger partial charge in [-0.3, -0.25) is 0 Å². The number of anilines is 1. The maximum absolute atomic E-state index is 11.9. The Morgan fingerprint density at radius 1 is 1.31 bits per heavy atom. The van der Waals surface area contributed by atoms with Crippen molar-refractivity contribution in [2.24, 2.45) is 0 Å². The molecule has 0 radical (unpaired) electrons. The summed E-state index contributed by atoms with van der Waals surface area (Å²) < 4.78 is 35.8. The normalized spacial score (nSPS) is 11.7. The van der Waals surface area contributed by atoms with Crippen LogP contribution in [0.1, 0.15) is 11.1 Å². The smallest absolute Gasteiger partial charge is 0.393 e. The molecule has 1 aromatic carbocycles. The Morgan fingerprint density at radius 2 is 1.92 bits per heavy atom. The molecule has 0 aliphatic heterocycles. The number of halogens is 3. The van der Waals surface area contributed by atoms with Crippen LogP contribution in [0.25, 0.3) is 0 Å². The SMILES string of the molecule is Cc1cc(CC(F)(F)F)ccc1N. The summed E-state index contributed by atoms with van der Waals surface area (Å²) in [6.07, 6.45) is -5.04. The molecule has 1 nitrogen and oxygen atoms in total. The molecule has 0 bridgehead atoms. The molecule has 0 amide bonds. The predicted octanol–water partition coefficient (Wildman–Crippen LogP) is 2.68. The van der Waals surface area contributed by atoms with E-state index in [-0.39, 0.29) is 5.56 Å². The lowest BCUT2D eigenvalue weighted by atomic mass is 10.1. The summed E-state index contributed by atoms with van der Waals surface area (Å²) >= 11 is 0. The van der Waals surface area contributed by atoms with Crippen LogP contribution in [0, 0.1) is 6.92 Å². The van der Waals surface area contributed by atoms with E-state index < -0.39 is 12.6 Å². The molecule has 1 aromatic rings. The molecule has 4 heteroatoms. The number of alkyl halides is 3. The molecule has 0 spiro atoms. The van der Waals surface area contributed by atoms with Crippen LogP contribution in [0.2, 0.25) is 0 Å². The van der Waals surface area contributed by atoms with E-state index in [9.17, 15) is 13.2 Å². The number of nitrogen functional groups attached to an aromatic ring is 1. The van der Waals surface area contributed by atoms with Crippen LogP contribution in [0.15, 0.2) is 18.2 Å². The predicted molar refractivity (Wildman–Crippen MR) is 45.4 cm³/mol. The third-order valence-electron chi connectivity index (χ3n) is 1.74. The number of hydrogen-bond donors (Lipinski definition) is 1. The van der Waals surface area contributed by atoms with Gasteiger partial charge >= 0.3 is 6.18 Å². The molecule has 2 N–H and O–H groups in total. The summed E-state index contributed by atoms with van der Waals surface area (Å²) in [5.74, 6) is 0. The van der Waals surface area contributed by atoms with Crippen LogP contribution in [-0.2, 0) is 6.42 Å². The zero-order valence-corrected chi connectivity index (χ0v) is 7.15. The molecular formula is C9H10F3N. The van der Waals surface area contributed by atoms with Gasteiger partial charge in [0.25, 0.3) is 0 Å². The zero-order valence-electron chi connectivity index (χ0n) is 7.15. The van der Waals surface area contributed by atoms with E-state index in [2.05, 4.69) is 0 Å². The quantitative estimate of drug-likeness (QED) is 0.675. The Balaban J connectivity index is 2.86. The highest BCUT2D eigenvalue weighted by atomic mass is 19.4. The second-order valence-corrected chi connectivity index (χ2v) is 2.98. The molecule has 0 aliphatic carbocycles. The first-order chi connectivity index (χ1) is 5.88. The van der Waals surface area contributed by atoms with E-state index in [0.717, 1.165) is 0 Å². The zero-order chi connectivity index (χ0) is 10.1. The van der Waals surface area contributed by atoms with Crippen molar-refractivity contribution in [1.82, 2.24) is 0 Å². The summed E-state index contributed by atoms with van der Waals surface area (Å²) in [5.41, 5.74) is 6.92. The molecule has 13 heavy (non-hydrogen) atoms. The highest BCUT2D eigenvalue weighted by molar-refractivity contribution is 5.47. The lowest BCUT2D eigenvalue weighted by molar-refractivity contribution is -0.127. The average Bonchev–Trinajstić information content (AvgIpc) is 1.94. The van der Waals surface area contributed by atoms with Crippen molar-refractivity contribution in [2.45, 2.75) is 19.5 Å². The van der Waals surface area contributed by atoms with Gasteiger partial charge in [0.2, 0.25) is 0 Å². The van der Waals surface area contributed by atoms with Gasteiger partial charge in [-0.25, -0.2) is 0 Å². The second kappa shape index (κ2) is 3.28. The number of hydrogen-bond acceptors (Lipinski definition) is 1. The Labute approximate surface area is 74.4 Å². The molecule has 0 saturated heterocycles. The van der Waals surface area contributed by atoms with Gasteiger partial charge in [0.15, 0.2) is 0 Å². The fourth-order valence-electron chi connectivity index (χ4n) is 1.08. The van der Waals surface area contributed by atoms with Crippen LogP contribution >= 0.6 is 0 Å². The second-order valence-electron chi connectivity index (χ2n) is 2.98. The molecule has 0 saturated carbocycles. The van der Waals surface area contributed by atoms with Gasteiger partial charge in [0, 0.05) is 5.69 Å². The maximum atomic E-state index is 11.9. The lowest BCUT2D eigenvalue weighted by Gasteiger charge is -2.07. The van der Waals surface area contributed by atoms with Crippen molar-refractivity contribution < 1.29 is 13.2 Å². The maximum Gasteiger partial charge on any atom is 0.393 e. The summed E-state index contributed by atoms with van der Waals surface area (Å²) in [6.45, 7) is 1.69. The van der Waals surface area contributed by atoms with Crippen molar-refractivity contribution in [3.63, 3.8) is 0 Å². The molecule has 0 unspecified atom stereocenters. The molecule has 0 aromatic heterocycles. The Hall–Kier alpha value is -1.19. The van der Waals surface area contributed by atoms with Crippen LogP contribution < -0.4 is 5.73 Å². The largest absolute Gasteiger partial charge is 0.399 e. The fraction of sp³-hybridized carbons (Fsp3) is 0.333. The van der Waals surface area contributed by atoms with E-state index in [1.165, 1.54) is 18.2 Å². The van der Waals surface area contributed by atoms with Gasteiger partial charge in [0.05, 0.1) is 6.42 Å². The first-order valence-electron chi connectivity index (χ1n) is 3.80. The van der Waals surface area contributed by atoms with Crippen LogP contribution in [0.4, 0.5) is 18.9 Å². The molecule has 0 atom stereocenters. The van der Waals surface area contributed by atoms with E-state index in [0.29, 0.717) is 11.3 Å². The van der Waals surface area contributed by atoms with E-state index in [1.807, 2.05) is 0 Å². The number of benzene rings is 1. The fourth-order valence-corrected chi connectivity index (χ4v) is 1.08. The number of rotatable bonds is 1. The first-order valence-corrected chi connectivity index (χ1v) is 3.80. The molecular weight excluding hydrogens is 179 g/mol. The van der Waals surface area contributed by atoms with Gasteiger partial charge in [-0.15, -0.1) is 0 Å². The van der Waals surface area contributed by atoms with Gasteiger partial charge in [-0.1, -0.05) is 12.1 Å². The average molecular weight is 189 g/mol. The molecule has 72 valence electrons. The Bertz CT molecular complexity index is 304. The summed E-state index contributed by atoms with van der Waals surface area (Å²) in [5, 5.41) is 0. The van der Waals surface area contributed by atoms with E-state index in [4.69, 9.17) is 5.73 Å². The van der Waals surface area contributed by atoms with Crippen LogP contribution in [0.5, 0.6) is 0 Å². The number of aryl methyl sites for hydroxylation is 1.